The van der Waals surface area contributed by atoms with E-state index in [-0.39, 0.29) is 18.1 Å². The Kier molecular flexibility index (Phi) is 4.50. The number of aryl methyl sites for hydroxylation is 1. The number of carbonyl (C=O) groups is 1. The highest BCUT2D eigenvalue weighted by Gasteiger charge is 2.16. The number of hydrogen-bond donors (Lipinski definition) is 1. The zero-order chi connectivity index (χ0) is 12.1. The first-order valence-electron chi connectivity index (χ1n) is 5.45. The molecule has 1 rings (SSSR count). The molecular weight excluding hydrogens is 202 g/mol. The molecule has 0 aliphatic rings. The van der Waals surface area contributed by atoms with E-state index < -0.39 is 0 Å². The Balaban J connectivity index is 2.61. The van der Waals surface area contributed by atoms with Crippen LogP contribution in [0.4, 0.5) is 0 Å². The van der Waals surface area contributed by atoms with Crippen LogP contribution in [0.15, 0.2) is 24.3 Å². The number of nitrogens with one attached hydrogen (secondary N) is 1. The van der Waals surface area contributed by atoms with Crippen LogP contribution in [0, 0.1) is 6.92 Å². The topological polar surface area (TPSA) is 38.3 Å². The third-order valence-electron chi connectivity index (χ3n) is 2.63. The smallest absolute Gasteiger partial charge is 0.322 e. The van der Waals surface area contributed by atoms with Crippen LogP contribution in [0.2, 0.25) is 0 Å². The standard InChI is InChI=1S/C13H19NO2/c1-9-5-7-12(8-6-9)10(2)14-11(3)13(15)16-4/h5-8,10-11,14H,1-4H3/t10-,11?/m1/s1. The molecule has 1 N–H and O–H groups in total. The summed E-state index contributed by atoms with van der Waals surface area (Å²) in [5.74, 6) is -0.237. The summed E-state index contributed by atoms with van der Waals surface area (Å²) < 4.78 is 4.67. The molecule has 0 spiro atoms. The lowest BCUT2D eigenvalue weighted by Gasteiger charge is -2.18. The number of rotatable bonds is 4. The zero-order valence-corrected chi connectivity index (χ0v) is 10.3. The van der Waals surface area contributed by atoms with Crippen LogP contribution < -0.4 is 5.32 Å². The molecule has 0 saturated heterocycles. The summed E-state index contributed by atoms with van der Waals surface area (Å²) >= 11 is 0. The zero-order valence-electron chi connectivity index (χ0n) is 10.3. The lowest BCUT2D eigenvalue weighted by Crippen LogP contribution is -2.36. The van der Waals surface area contributed by atoms with Gasteiger partial charge in [0.15, 0.2) is 0 Å². The summed E-state index contributed by atoms with van der Waals surface area (Å²) in [6.07, 6.45) is 0. The van der Waals surface area contributed by atoms with Crippen molar-refractivity contribution in [1.29, 1.82) is 0 Å². The van der Waals surface area contributed by atoms with Gasteiger partial charge < -0.3 is 4.74 Å². The minimum Gasteiger partial charge on any atom is -0.468 e. The van der Waals surface area contributed by atoms with Crippen LogP contribution in [0.5, 0.6) is 0 Å². The van der Waals surface area contributed by atoms with Gasteiger partial charge in [0.2, 0.25) is 0 Å². The quantitative estimate of drug-likeness (QED) is 0.792. The van der Waals surface area contributed by atoms with Crippen LogP contribution in [-0.4, -0.2) is 19.1 Å². The summed E-state index contributed by atoms with van der Waals surface area (Å²) in [5.41, 5.74) is 2.40. The van der Waals surface area contributed by atoms with E-state index in [9.17, 15) is 4.79 Å². The summed E-state index contributed by atoms with van der Waals surface area (Å²) in [5, 5.41) is 3.19. The van der Waals surface area contributed by atoms with Crippen LogP contribution in [0.3, 0.4) is 0 Å². The first kappa shape index (κ1) is 12.7. The fourth-order valence-electron chi connectivity index (χ4n) is 1.57. The Hall–Kier alpha value is -1.35. The number of hydrogen-bond acceptors (Lipinski definition) is 3. The molecular formula is C13H19NO2. The summed E-state index contributed by atoms with van der Waals surface area (Å²) in [6.45, 7) is 5.89. The van der Waals surface area contributed by atoms with Crippen molar-refractivity contribution >= 4 is 5.97 Å². The third kappa shape index (κ3) is 3.35. The number of esters is 1. The molecule has 0 aromatic heterocycles. The average Bonchev–Trinajstić information content (AvgIpc) is 2.28. The first-order chi connectivity index (χ1) is 7.54. The highest BCUT2D eigenvalue weighted by Crippen LogP contribution is 2.13. The van der Waals surface area contributed by atoms with Gasteiger partial charge in [-0.1, -0.05) is 29.8 Å². The molecule has 16 heavy (non-hydrogen) atoms. The van der Waals surface area contributed by atoms with Gasteiger partial charge in [0.25, 0.3) is 0 Å². The molecule has 0 saturated carbocycles. The second kappa shape index (κ2) is 5.66. The molecule has 1 aromatic carbocycles. The third-order valence-corrected chi connectivity index (χ3v) is 2.63. The van der Waals surface area contributed by atoms with Gasteiger partial charge >= 0.3 is 5.97 Å². The van der Waals surface area contributed by atoms with E-state index in [4.69, 9.17) is 0 Å². The van der Waals surface area contributed by atoms with Gasteiger partial charge in [-0.3, -0.25) is 10.1 Å². The van der Waals surface area contributed by atoms with Gasteiger partial charge in [-0.05, 0) is 26.3 Å². The maximum atomic E-state index is 11.2. The lowest BCUT2D eigenvalue weighted by molar-refractivity contribution is -0.142. The summed E-state index contributed by atoms with van der Waals surface area (Å²) in [6, 6.07) is 8.11. The van der Waals surface area contributed by atoms with E-state index in [1.807, 2.05) is 6.92 Å². The predicted octanol–water partition coefficient (Wildman–Crippen LogP) is 2.21. The van der Waals surface area contributed by atoms with Crippen LogP contribution in [0.1, 0.15) is 31.0 Å². The van der Waals surface area contributed by atoms with Crippen molar-refractivity contribution in [2.45, 2.75) is 32.9 Å². The maximum absolute atomic E-state index is 11.2. The minimum absolute atomic E-state index is 0.134. The molecule has 2 atom stereocenters. The first-order valence-corrected chi connectivity index (χ1v) is 5.45. The van der Waals surface area contributed by atoms with E-state index in [0.29, 0.717) is 0 Å². The van der Waals surface area contributed by atoms with E-state index in [0.717, 1.165) is 0 Å². The van der Waals surface area contributed by atoms with Gasteiger partial charge in [0.1, 0.15) is 6.04 Å². The largest absolute Gasteiger partial charge is 0.468 e. The fraction of sp³-hybridized carbons (Fsp3) is 0.462. The van der Waals surface area contributed by atoms with Gasteiger partial charge in [-0.25, -0.2) is 0 Å². The number of carbonyl (C=O) groups excluding carboxylic acids is 1. The molecule has 0 aliphatic heterocycles. The van der Waals surface area contributed by atoms with Gasteiger partial charge in [0, 0.05) is 6.04 Å². The lowest BCUT2D eigenvalue weighted by atomic mass is 10.1. The Morgan fingerprint density at radius 1 is 1.25 bits per heavy atom. The molecule has 0 bridgehead atoms. The van der Waals surface area contributed by atoms with Crippen molar-refractivity contribution in [1.82, 2.24) is 5.32 Å². The monoisotopic (exact) mass is 221 g/mol. The number of ether oxygens (including phenoxy) is 1. The van der Waals surface area contributed by atoms with Crippen LogP contribution in [0.25, 0.3) is 0 Å². The van der Waals surface area contributed by atoms with Crippen molar-refractivity contribution in [3.05, 3.63) is 35.4 Å². The molecule has 88 valence electrons. The van der Waals surface area contributed by atoms with Crippen molar-refractivity contribution in [2.24, 2.45) is 0 Å². The van der Waals surface area contributed by atoms with Crippen molar-refractivity contribution in [3.63, 3.8) is 0 Å². The van der Waals surface area contributed by atoms with Gasteiger partial charge in [0.05, 0.1) is 7.11 Å². The van der Waals surface area contributed by atoms with E-state index in [1.165, 1.54) is 18.2 Å². The van der Waals surface area contributed by atoms with E-state index in [2.05, 4.69) is 41.2 Å². The average molecular weight is 221 g/mol. The van der Waals surface area contributed by atoms with Crippen molar-refractivity contribution in [3.8, 4) is 0 Å². The Bertz CT molecular complexity index is 345. The Morgan fingerprint density at radius 3 is 2.31 bits per heavy atom. The maximum Gasteiger partial charge on any atom is 0.322 e. The minimum atomic E-state index is -0.290. The summed E-state index contributed by atoms with van der Waals surface area (Å²) in [7, 11) is 1.40. The second-order valence-electron chi connectivity index (χ2n) is 4.04. The molecule has 0 aliphatic carbocycles. The highest BCUT2D eigenvalue weighted by atomic mass is 16.5. The van der Waals surface area contributed by atoms with E-state index >= 15 is 0 Å². The molecule has 0 heterocycles. The fourth-order valence-corrected chi connectivity index (χ4v) is 1.57. The SMILES string of the molecule is COC(=O)C(C)N[C@H](C)c1ccc(C)cc1. The molecule has 0 radical (unpaired) electrons. The van der Waals surface area contributed by atoms with E-state index in [1.54, 1.807) is 6.92 Å². The summed E-state index contributed by atoms with van der Waals surface area (Å²) in [4.78, 5) is 11.2. The molecule has 0 fully saturated rings. The number of methoxy groups -OCH3 is 1. The normalized spacial score (nSPS) is 14.2. The molecule has 0 amide bonds. The highest BCUT2D eigenvalue weighted by molar-refractivity contribution is 5.75. The predicted molar refractivity (Wildman–Crippen MR) is 64.2 cm³/mol. The van der Waals surface area contributed by atoms with Gasteiger partial charge in [-0.2, -0.15) is 0 Å². The van der Waals surface area contributed by atoms with Crippen molar-refractivity contribution < 1.29 is 9.53 Å². The second-order valence-corrected chi connectivity index (χ2v) is 4.04. The molecule has 3 nitrogen and oxygen atoms in total. The Labute approximate surface area is 96.8 Å². The Morgan fingerprint density at radius 2 is 1.81 bits per heavy atom. The molecule has 3 heteroatoms. The molecule has 1 aromatic rings. The van der Waals surface area contributed by atoms with Crippen LogP contribution >= 0.6 is 0 Å². The van der Waals surface area contributed by atoms with Crippen molar-refractivity contribution in [2.75, 3.05) is 7.11 Å². The number of benzene rings is 1. The van der Waals surface area contributed by atoms with Crippen LogP contribution in [-0.2, 0) is 9.53 Å². The molecule has 1 unspecified atom stereocenters. The van der Waals surface area contributed by atoms with Gasteiger partial charge in [-0.15, -0.1) is 0 Å².